The SMILES string of the molecule is COc1ccc([C@@H]2C(C(=O)OCCOC(C)C)=C(C)NC3=C2C(=O)C[C@H](c2ccccc2OC)C3)cc1Br. The number of carbonyl (C=O) groups excluding carboxylic acids is 2. The zero-order chi connectivity index (χ0) is 27.4. The fraction of sp³-hybridized carbons (Fsp3) is 0.400. The molecule has 2 aromatic rings. The summed E-state index contributed by atoms with van der Waals surface area (Å²) >= 11 is 3.57. The van der Waals surface area contributed by atoms with Crippen LogP contribution in [0.15, 0.2) is 69.5 Å². The van der Waals surface area contributed by atoms with Crippen LogP contribution in [-0.4, -0.2) is 45.3 Å². The number of esters is 1. The quantitative estimate of drug-likeness (QED) is 0.295. The summed E-state index contributed by atoms with van der Waals surface area (Å²) in [4.78, 5) is 27.3. The number of hydrogen-bond donors (Lipinski definition) is 1. The molecule has 2 aromatic carbocycles. The fourth-order valence-corrected chi connectivity index (χ4v) is 5.78. The van der Waals surface area contributed by atoms with E-state index in [1.165, 1.54) is 0 Å². The predicted molar refractivity (Wildman–Crippen MR) is 148 cm³/mol. The highest BCUT2D eigenvalue weighted by molar-refractivity contribution is 9.10. The number of nitrogens with one attached hydrogen (secondary N) is 1. The Labute approximate surface area is 232 Å². The van der Waals surface area contributed by atoms with E-state index in [-0.39, 0.29) is 24.4 Å². The number of ether oxygens (including phenoxy) is 4. The van der Waals surface area contributed by atoms with E-state index in [1.54, 1.807) is 14.2 Å². The molecule has 0 bridgehead atoms. The van der Waals surface area contributed by atoms with E-state index < -0.39 is 11.9 Å². The minimum Gasteiger partial charge on any atom is -0.496 e. The number of dihydropyridines is 1. The van der Waals surface area contributed by atoms with Gasteiger partial charge in [0.05, 0.1) is 37.0 Å². The number of para-hydroxylation sites is 1. The van der Waals surface area contributed by atoms with E-state index >= 15 is 0 Å². The maximum atomic E-state index is 13.8. The van der Waals surface area contributed by atoms with Gasteiger partial charge in [-0.1, -0.05) is 24.3 Å². The van der Waals surface area contributed by atoms with Crippen molar-refractivity contribution < 1.29 is 28.5 Å². The summed E-state index contributed by atoms with van der Waals surface area (Å²) in [6.45, 7) is 6.14. The van der Waals surface area contributed by atoms with E-state index in [0.717, 1.165) is 27.0 Å². The van der Waals surface area contributed by atoms with Crippen molar-refractivity contribution in [3.05, 3.63) is 80.6 Å². The molecule has 2 atom stereocenters. The first-order valence-electron chi connectivity index (χ1n) is 12.7. The van der Waals surface area contributed by atoms with Crippen molar-refractivity contribution in [3.63, 3.8) is 0 Å². The summed E-state index contributed by atoms with van der Waals surface area (Å²) in [7, 11) is 3.24. The summed E-state index contributed by atoms with van der Waals surface area (Å²) in [5.74, 6) is 0.346. The molecule has 0 spiro atoms. The van der Waals surface area contributed by atoms with Crippen LogP contribution in [0.25, 0.3) is 0 Å². The van der Waals surface area contributed by atoms with Gasteiger partial charge >= 0.3 is 5.97 Å². The Kier molecular flexibility index (Phi) is 8.95. The lowest BCUT2D eigenvalue weighted by Crippen LogP contribution is -2.36. The van der Waals surface area contributed by atoms with Crippen molar-refractivity contribution in [1.82, 2.24) is 5.32 Å². The third kappa shape index (κ3) is 5.81. The number of benzene rings is 2. The smallest absolute Gasteiger partial charge is 0.336 e. The van der Waals surface area contributed by atoms with E-state index in [2.05, 4.69) is 21.2 Å². The fourth-order valence-electron chi connectivity index (χ4n) is 5.22. The maximum absolute atomic E-state index is 13.8. The topological polar surface area (TPSA) is 83.1 Å². The lowest BCUT2D eigenvalue weighted by atomic mass is 9.71. The Hall–Kier alpha value is -3.10. The van der Waals surface area contributed by atoms with Gasteiger partial charge in [-0.3, -0.25) is 4.79 Å². The first-order chi connectivity index (χ1) is 18.2. The molecule has 4 rings (SSSR count). The van der Waals surface area contributed by atoms with Crippen LogP contribution < -0.4 is 14.8 Å². The highest BCUT2D eigenvalue weighted by Gasteiger charge is 2.42. The Morgan fingerprint density at radius 1 is 1.05 bits per heavy atom. The molecule has 1 heterocycles. The van der Waals surface area contributed by atoms with Crippen molar-refractivity contribution >= 4 is 27.7 Å². The van der Waals surface area contributed by atoms with Crippen LogP contribution in [0.1, 0.15) is 56.6 Å². The second-order valence-corrected chi connectivity index (χ2v) is 10.6. The van der Waals surface area contributed by atoms with Crippen molar-refractivity contribution in [2.45, 2.75) is 51.6 Å². The molecule has 202 valence electrons. The zero-order valence-corrected chi connectivity index (χ0v) is 24.0. The number of rotatable bonds is 9. The summed E-state index contributed by atoms with van der Waals surface area (Å²) in [6.07, 6.45) is 0.981. The van der Waals surface area contributed by atoms with Gasteiger partial charge in [-0.2, -0.15) is 0 Å². The molecule has 38 heavy (non-hydrogen) atoms. The van der Waals surface area contributed by atoms with Crippen LogP contribution in [0, 0.1) is 0 Å². The molecule has 1 aliphatic heterocycles. The van der Waals surface area contributed by atoms with E-state index in [4.69, 9.17) is 18.9 Å². The van der Waals surface area contributed by atoms with Gasteiger partial charge in [-0.25, -0.2) is 4.79 Å². The van der Waals surface area contributed by atoms with E-state index in [1.807, 2.05) is 63.2 Å². The molecule has 0 amide bonds. The maximum Gasteiger partial charge on any atom is 0.336 e. The number of halogens is 1. The van der Waals surface area contributed by atoms with Gasteiger partial charge in [0.25, 0.3) is 0 Å². The minimum atomic E-state index is -0.571. The molecule has 0 saturated heterocycles. The number of ketones is 1. The third-order valence-electron chi connectivity index (χ3n) is 6.90. The Morgan fingerprint density at radius 3 is 2.47 bits per heavy atom. The normalized spacial score (nSPS) is 19.3. The first kappa shape index (κ1) is 27.9. The second kappa shape index (κ2) is 12.2. The van der Waals surface area contributed by atoms with Gasteiger partial charge in [0, 0.05) is 35.2 Å². The van der Waals surface area contributed by atoms with Crippen LogP contribution in [0.2, 0.25) is 0 Å². The molecular weight excluding hydrogens is 550 g/mol. The van der Waals surface area contributed by atoms with E-state index in [0.29, 0.717) is 42.0 Å². The predicted octanol–water partition coefficient (Wildman–Crippen LogP) is 5.80. The van der Waals surface area contributed by atoms with Crippen LogP contribution in [0.3, 0.4) is 0 Å². The molecule has 0 saturated carbocycles. The number of hydrogen-bond acceptors (Lipinski definition) is 7. The zero-order valence-electron chi connectivity index (χ0n) is 22.4. The summed E-state index contributed by atoms with van der Waals surface area (Å²) in [5, 5.41) is 3.39. The van der Waals surface area contributed by atoms with Crippen molar-refractivity contribution in [3.8, 4) is 11.5 Å². The van der Waals surface area contributed by atoms with Gasteiger partial charge in [0.2, 0.25) is 0 Å². The highest BCUT2D eigenvalue weighted by atomic mass is 79.9. The number of Topliss-reactive ketones (excluding diaryl/α,β-unsaturated/α-hetero) is 1. The standard InChI is InChI=1S/C30H34BrNO6/c1-17(2)37-12-13-38-30(34)27-18(3)32-23-15-20(21-8-6-7-9-25(21)35-4)16-24(33)29(23)28(27)19-10-11-26(36-5)22(31)14-19/h6-11,14,17,20,28,32H,12-13,15-16H2,1-5H3/t20-,28-/m1/s1. The number of carbonyl (C=O) groups is 2. The summed E-state index contributed by atoms with van der Waals surface area (Å²) in [5.41, 5.74) is 4.33. The third-order valence-corrected chi connectivity index (χ3v) is 7.52. The molecule has 1 N–H and O–H groups in total. The van der Waals surface area contributed by atoms with Crippen molar-refractivity contribution in [1.29, 1.82) is 0 Å². The first-order valence-corrected chi connectivity index (χ1v) is 13.5. The molecular formula is C30H34BrNO6. The minimum absolute atomic E-state index is 0.00691. The second-order valence-electron chi connectivity index (χ2n) is 9.71. The molecule has 0 unspecified atom stereocenters. The molecule has 0 radical (unpaired) electrons. The Bertz CT molecular complexity index is 1280. The molecule has 0 fully saturated rings. The van der Waals surface area contributed by atoms with Gasteiger partial charge in [-0.05, 0) is 72.4 Å². The Balaban J connectivity index is 1.73. The van der Waals surface area contributed by atoms with Crippen LogP contribution in [0.5, 0.6) is 11.5 Å². The lowest BCUT2D eigenvalue weighted by Gasteiger charge is -2.37. The Morgan fingerprint density at radius 2 is 1.79 bits per heavy atom. The average molecular weight is 585 g/mol. The van der Waals surface area contributed by atoms with Gasteiger partial charge in [0.15, 0.2) is 5.78 Å². The molecule has 1 aliphatic carbocycles. The summed E-state index contributed by atoms with van der Waals surface area (Å²) < 4.78 is 22.9. The molecule has 0 aromatic heterocycles. The molecule has 8 heteroatoms. The monoisotopic (exact) mass is 583 g/mol. The van der Waals surface area contributed by atoms with Crippen LogP contribution in [-0.2, 0) is 19.1 Å². The van der Waals surface area contributed by atoms with Crippen LogP contribution >= 0.6 is 15.9 Å². The van der Waals surface area contributed by atoms with Gasteiger partial charge in [0.1, 0.15) is 18.1 Å². The molecule has 7 nitrogen and oxygen atoms in total. The number of allylic oxidation sites excluding steroid dienone is 3. The van der Waals surface area contributed by atoms with Crippen molar-refractivity contribution in [2.24, 2.45) is 0 Å². The van der Waals surface area contributed by atoms with Gasteiger partial charge < -0.3 is 24.3 Å². The van der Waals surface area contributed by atoms with Crippen LogP contribution in [0.4, 0.5) is 0 Å². The summed E-state index contributed by atoms with van der Waals surface area (Å²) in [6, 6.07) is 13.4. The molecule has 2 aliphatic rings. The van der Waals surface area contributed by atoms with Crippen molar-refractivity contribution in [2.75, 3.05) is 27.4 Å². The average Bonchev–Trinajstić information content (AvgIpc) is 2.89. The van der Waals surface area contributed by atoms with Gasteiger partial charge in [-0.15, -0.1) is 0 Å². The highest BCUT2D eigenvalue weighted by Crippen LogP contribution is 2.47. The lowest BCUT2D eigenvalue weighted by molar-refractivity contribution is -0.141. The largest absolute Gasteiger partial charge is 0.496 e. The van der Waals surface area contributed by atoms with E-state index in [9.17, 15) is 9.59 Å². The number of methoxy groups -OCH3 is 2.